The van der Waals surface area contributed by atoms with E-state index in [1.54, 1.807) is 17.5 Å². The van der Waals surface area contributed by atoms with Gasteiger partial charge >= 0.3 is 6.18 Å². The van der Waals surface area contributed by atoms with Crippen LogP contribution in [0.4, 0.5) is 19.0 Å². The van der Waals surface area contributed by atoms with Crippen LogP contribution >= 0.6 is 22.9 Å². The van der Waals surface area contributed by atoms with Crippen molar-refractivity contribution in [3.05, 3.63) is 62.9 Å². The third-order valence-electron chi connectivity index (χ3n) is 4.82. The van der Waals surface area contributed by atoms with Gasteiger partial charge in [0.15, 0.2) is 6.04 Å². The van der Waals surface area contributed by atoms with Crippen molar-refractivity contribution in [2.45, 2.75) is 32.2 Å². The summed E-state index contributed by atoms with van der Waals surface area (Å²) in [6, 6.07) is 6.84. The number of nitrogens with zero attached hydrogens (tertiary/aromatic N) is 3. The molecule has 5 nitrogen and oxygen atoms in total. The molecule has 0 fully saturated rings. The van der Waals surface area contributed by atoms with Crippen LogP contribution in [-0.4, -0.2) is 28.4 Å². The number of hydrogen-bond donors (Lipinski definition) is 0. The molecule has 4 rings (SSSR count). The van der Waals surface area contributed by atoms with Gasteiger partial charge in [-0.1, -0.05) is 17.7 Å². The summed E-state index contributed by atoms with van der Waals surface area (Å²) in [5, 5.41) is 6.07. The van der Waals surface area contributed by atoms with Crippen LogP contribution in [0.25, 0.3) is 0 Å². The molecule has 1 amide bonds. The third-order valence-corrected chi connectivity index (χ3v) is 6.10. The lowest BCUT2D eigenvalue weighted by Gasteiger charge is -2.33. The number of alkyl halides is 3. The third kappa shape index (κ3) is 4.04. The number of aryl methyl sites for hydroxylation is 1. The van der Waals surface area contributed by atoms with E-state index in [1.807, 2.05) is 19.1 Å². The van der Waals surface area contributed by atoms with Crippen LogP contribution in [0.5, 0.6) is 5.75 Å². The van der Waals surface area contributed by atoms with Crippen molar-refractivity contribution in [1.29, 1.82) is 0 Å². The average Bonchev–Trinajstić information content (AvgIpc) is 3.36. The van der Waals surface area contributed by atoms with Crippen molar-refractivity contribution >= 4 is 34.7 Å². The van der Waals surface area contributed by atoms with E-state index < -0.39 is 12.2 Å². The van der Waals surface area contributed by atoms with Crippen LogP contribution in [-0.2, 0) is 6.61 Å². The van der Waals surface area contributed by atoms with Crippen molar-refractivity contribution in [3.8, 4) is 5.75 Å². The summed E-state index contributed by atoms with van der Waals surface area (Å²) in [6.45, 7) is 2.12. The molecular weight excluding hydrogens is 439 g/mol. The van der Waals surface area contributed by atoms with Crippen molar-refractivity contribution in [2.24, 2.45) is 0 Å². The lowest BCUT2D eigenvalue weighted by atomic mass is 10.1. The second kappa shape index (κ2) is 7.96. The number of aromatic nitrogens is 2. The molecule has 1 aromatic carbocycles. The molecule has 1 atom stereocenters. The Labute approximate surface area is 179 Å². The summed E-state index contributed by atoms with van der Waals surface area (Å²) in [4.78, 5) is 14.7. The van der Waals surface area contributed by atoms with Gasteiger partial charge in [0.05, 0.1) is 16.1 Å². The summed E-state index contributed by atoms with van der Waals surface area (Å²) in [6.07, 6.45) is -3.38. The molecular formula is C20H17ClF3N3O2S. The van der Waals surface area contributed by atoms with Crippen LogP contribution in [0, 0.1) is 6.92 Å². The Kier molecular flexibility index (Phi) is 5.50. The van der Waals surface area contributed by atoms with E-state index in [-0.39, 0.29) is 31.3 Å². The molecule has 0 radical (unpaired) electrons. The molecule has 1 aliphatic rings. The van der Waals surface area contributed by atoms with Gasteiger partial charge in [-0.2, -0.15) is 18.3 Å². The predicted octanol–water partition coefficient (Wildman–Crippen LogP) is 5.64. The zero-order chi connectivity index (χ0) is 21.5. The van der Waals surface area contributed by atoms with Gasteiger partial charge in [-0.3, -0.25) is 9.69 Å². The first-order valence-electron chi connectivity index (χ1n) is 9.12. The highest BCUT2D eigenvalue weighted by Gasteiger charge is 2.46. The minimum atomic E-state index is -4.42. The fourth-order valence-corrected chi connectivity index (χ4v) is 4.35. The van der Waals surface area contributed by atoms with Crippen molar-refractivity contribution < 1.29 is 22.7 Å². The van der Waals surface area contributed by atoms with Gasteiger partial charge in [-0.15, -0.1) is 11.3 Å². The van der Waals surface area contributed by atoms with E-state index in [1.165, 1.54) is 28.5 Å². The van der Waals surface area contributed by atoms with Gasteiger partial charge in [0.1, 0.15) is 18.2 Å². The first-order valence-corrected chi connectivity index (χ1v) is 10.4. The number of thiophene rings is 1. The molecule has 30 heavy (non-hydrogen) atoms. The van der Waals surface area contributed by atoms with Crippen molar-refractivity contribution in [2.75, 3.05) is 11.4 Å². The van der Waals surface area contributed by atoms with E-state index in [4.69, 9.17) is 16.3 Å². The second-order valence-electron chi connectivity index (χ2n) is 6.98. The Hall–Kier alpha value is -2.52. The molecule has 1 aliphatic heterocycles. The normalized spacial score (nSPS) is 16.4. The Morgan fingerprint density at radius 2 is 2.13 bits per heavy atom. The predicted molar refractivity (Wildman–Crippen MR) is 108 cm³/mol. The van der Waals surface area contributed by atoms with E-state index in [0.717, 1.165) is 15.8 Å². The van der Waals surface area contributed by atoms with Crippen LogP contribution < -0.4 is 9.64 Å². The Morgan fingerprint density at radius 1 is 1.33 bits per heavy atom. The van der Waals surface area contributed by atoms with E-state index in [9.17, 15) is 18.0 Å². The van der Waals surface area contributed by atoms with Crippen LogP contribution in [0.3, 0.4) is 0 Å². The van der Waals surface area contributed by atoms with Gasteiger partial charge in [-0.05, 0) is 42.5 Å². The number of benzene rings is 1. The summed E-state index contributed by atoms with van der Waals surface area (Å²) in [5.41, 5.74) is 1.79. The lowest BCUT2D eigenvalue weighted by Crippen LogP contribution is -2.42. The van der Waals surface area contributed by atoms with Crippen LogP contribution in [0.2, 0.25) is 5.02 Å². The summed E-state index contributed by atoms with van der Waals surface area (Å²) in [5.74, 6) is 0.336. The molecule has 3 heterocycles. The first kappa shape index (κ1) is 20.7. The topological polar surface area (TPSA) is 47.4 Å². The van der Waals surface area contributed by atoms with Crippen molar-refractivity contribution in [3.63, 3.8) is 0 Å². The van der Waals surface area contributed by atoms with Crippen LogP contribution in [0.15, 0.2) is 41.9 Å². The lowest BCUT2D eigenvalue weighted by molar-refractivity contribution is -0.172. The molecule has 0 N–H and O–H groups in total. The number of ether oxygens (including phenoxy) is 1. The standard InChI is InChI=1S/C20H17ClF3N3O2S/c1-12-2-3-14(21)15(8-12)29-10-13-9-16(30-11-13)19(28)26-7-5-17(20(22,23)24)27-18(26)4-6-25-27/h2-4,6,8-9,11,17H,5,7,10H2,1H3. The minimum Gasteiger partial charge on any atom is -0.487 e. The van der Waals surface area contributed by atoms with Crippen molar-refractivity contribution in [1.82, 2.24) is 9.78 Å². The van der Waals surface area contributed by atoms with E-state index >= 15 is 0 Å². The number of rotatable bonds is 4. The zero-order valence-electron chi connectivity index (χ0n) is 15.8. The number of carbonyl (C=O) groups is 1. The SMILES string of the molecule is Cc1ccc(Cl)c(OCc2csc(C(=O)N3CCC(C(F)(F)F)n4nccc43)c2)c1. The maximum absolute atomic E-state index is 13.2. The molecule has 0 saturated carbocycles. The van der Waals surface area contributed by atoms with Gasteiger partial charge < -0.3 is 4.74 Å². The number of fused-ring (bicyclic) bond motifs is 1. The van der Waals surface area contributed by atoms with Gasteiger partial charge in [0, 0.05) is 18.2 Å². The fraction of sp³-hybridized carbons (Fsp3) is 0.300. The molecule has 0 aliphatic carbocycles. The highest BCUT2D eigenvalue weighted by Crippen LogP contribution is 2.39. The second-order valence-corrected chi connectivity index (χ2v) is 8.30. The molecule has 3 aromatic rings. The number of carbonyl (C=O) groups excluding carboxylic acids is 1. The van der Waals surface area contributed by atoms with Gasteiger partial charge in [-0.25, -0.2) is 4.68 Å². The number of amides is 1. The minimum absolute atomic E-state index is 0.0304. The zero-order valence-corrected chi connectivity index (χ0v) is 17.4. The largest absolute Gasteiger partial charge is 0.487 e. The number of hydrogen-bond acceptors (Lipinski definition) is 4. The summed E-state index contributed by atoms with van der Waals surface area (Å²) < 4.78 is 46.4. The molecule has 0 spiro atoms. The van der Waals surface area contributed by atoms with E-state index in [0.29, 0.717) is 15.6 Å². The van der Waals surface area contributed by atoms with Crippen LogP contribution in [0.1, 0.15) is 33.3 Å². The summed E-state index contributed by atoms with van der Waals surface area (Å²) in [7, 11) is 0. The number of anilines is 1. The molecule has 0 bridgehead atoms. The fourth-order valence-electron chi connectivity index (χ4n) is 3.34. The molecule has 158 valence electrons. The first-order chi connectivity index (χ1) is 14.2. The molecule has 2 aromatic heterocycles. The molecule has 10 heteroatoms. The maximum Gasteiger partial charge on any atom is 0.410 e. The Morgan fingerprint density at radius 3 is 2.90 bits per heavy atom. The Balaban J connectivity index is 1.49. The van der Waals surface area contributed by atoms with Gasteiger partial charge in [0.25, 0.3) is 5.91 Å². The highest BCUT2D eigenvalue weighted by atomic mass is 35.5. The monoisotopic (exact) mass is 455 g/mol. The smallest absolute Gasteiger partial charge is 0.410 e. The quantitative estimate of drug-likeness (QED) is 0.511. The average molecular weight is 456 g/mol. The number of halogens is 4. The molecule has 1 unspecified atom stereocenters. The highest BCUT2D eigenvalue weighted by molar-refractivity contribution is 7.12. The van der Waals surface area contributed by atoms with E-state index in [2.05, 4.69) is 5.10 Å². The summed E-state index contributed by atoms with van der Waals surface area (Å²) >= 11 is 7.35. The maximum atomic E-state index is 13.2. The molecule has 0 saturated heterocycles. The Bertz CT molecular complexity index is 1080. The van der Waals surface area contributed by atoms with Gasteiger partial charge in [0.2, 0.25) is 0 Å².